The van der Waals surface area contributed by atoms with Gasteiger partial charge in [0.1, 0.15) is 5.75 Å². The zero-order valence-corrected chi connectivity index (χ0v) is 10.8. The first kappa shape index (κ1) is 14.9. The van der Waals surface area contributed by atoms with Crippen molar-refractivity contribution in [2.24, 2.45) is 0 Å². The summed E-state index contributed by atoms with van der Waals surface area (Å²) in [6.07, 6.45) is -0.720. The fourth-order valence-electron chi connectivity index (χ4n) is 1.49. The molecule has 7 heteroatoms. The van der Waals surface area contributed by atoms with Gasteiger partial charge in [0.2, 0.25) is 5.91 Å². The Kier molecular flexibility index (Phi) is 5.25. The number of benzene rings is 1. The summed E-state index contributed by atoms with van der Waals surface area (Å²) in [5, 5.41) is 22.7. The minimum Gasteiger partial charge on any atom is -0.493 e. The third kappa shape index (κ3) is 4.22. The highest BCUT2D eigenvalue weighted by Gasteiger charge is 2.15. The molecule has 0 saturated carbocycles. The predicted molar refractivity (Wildman–Crippen MR) is 67.9 cm³/mol. The minimum atomic E-state index is -0.894. The molecule has 0 bridgehead atoms. The van der Waals surface area contributed by atoms with Crippen molar-refractivity contribution < 1.29 is 19.6 Å². The Bertz CT molecular complexity index is 473. The van der Waals surface area contributed by atoms with Gasteiger partial charge in [0.25, 0.3) is 5.69 Å². The maximum absolute atomic E-state index is 11.0. The van der Waals surface area contributed by atoms with E-state index in [1.54, 1.807) is 0 Å². The molecule has 1 atom stereocenters. The Balaban J connectivity index is 2.82. The quantitative estimate of drug-likeness (QED) is 0.595. The number of non-ortho nitro benzene ring substituents is 1. The Morgan fingerprint density at radius 1 is 1.58 bits per heavy atom. The molecule has 0 aliphatic heterocycles. The van der Waals surface area contributed by atoms with E-state index in [0.29, 0.717) is 11.3 Å². The van der Waals surface area contributed by atoms with Gasteiger partial charge in [-0.3, -0.25) is 14.9 Å². The molecule has 7 nitrogen and oxygen atoms in total. The molecule has 0 fully saturated rings. The van der Waals surface area contributed by atoms with Crippen LogP contribution in [0.4, 0.5) is 5.69 Å². The number of aliphatic hydroxyl groups is 1. The minimum absolute atomic E-state index is 0.116. The lowest BCUT2D eigenvalue weighted by Crippen LogP contribution is -2.20. The number of rotatable bonds is 6. The van der Waals surface area contributed by atoms with Crippen molar-refractivity contribution in [1.29, 1.82) is 0 Å². The summed E-state index contributed by atoms with van der Waals surface area (Å²) in [7, 11) is 1.52. The molecule has 1 amide bonds. The molecule has 0 heterocycles. The van der Waals surface area contributed by atoms with Crippen LogP contribution in [0.25, 0.3) is 0 Å². The van der Waals surface area contributed by atoms with E-state index in [0.717, 1.165) is 0 Å². The van der Waals surface area contributed by atoms with Crippen molar-refractivity contribution >= 4 is 11.6 Å². The van der Waals surface area contributed by atoms with Gasteiger partial charge in [-0.1, -0.05) is 0 Å². The number of amides is 1. The van der Waals surface area contributed by atoms with Gasteiger partial charge in [0.05, 0.1) is 24.1 Å². The topological polar surface area (TPSA) is 102 Å². The second-order valence-electron chi connectivity index (χ2n) is 3.93. The molecule has 0 radical (unpaired) electrons. The number of aliphatic hydroxyl groups excluding tert-OH is 1. The van der Waals surface area contributed by atoms with Gasteiger partial charge in [-0.05, 0) is 13.0 Å². The summed E-state index contributed by atoms with van der Waals surface area (Å²) in [5.41, 5.74) is 0.209. The largest absolute Gasteiger partial charge is 0.493 e. The standard InChI is InChI=1S/C12H16N2O5/c1-8(15)10-7-9(14(17)18)3-4-11(10)19-6-5-12(16)13-2/h3-4,7-8,15H,5-6H2,1-2H3,(H,13,16)/t8-/m1/s1. The van der Waals surface area contributed by atoms with E-state index in [4.69, 9.17) is 4.74 Å². The van der Waals surface area contributed by atoms with Crippen LogP contribution in [0.5, 0.6) is 5.75 Å². The number of nitrogens with one attached hydrogen (secondary N) is 1. The van der Waals surface area contributed by atoms with Gasteiger partial charge in [-0.2, -0.15) is 0 Å². The van der Waals surface area contributed by atoms with Crippen molar-refractivity contribution in [1.82, 2.24) is 5.32 Å². The number of nitrogens with zero attached hydrogens (tertiary/aromatic N) is 1. The van der Waals surface area contributed by atoms with E-state index in [9.17, 15) is 20.0 Å². The van der Waals surface area contributed by atoms with Crippen molar-refractivity contribution in [3.63, 3.8) is 0 Å². The molecule has 0 aromatic heterocycles. The summed E-state index contributed by atoms with van der Waals surface area (Å²) in [6, 6.07) is 3.98. The normalized spacial score (nSPS) is 11.7. The molecule has 0 aliphatic rings. The molecular formula is C12H16N2O5. The Morgan fingerprint density at radius 3 is 2.79 bits per heavy atom. The van der Waals surface area contributed by atoms with Gasteiger partial charge in [0, 0.05) is 24.7 Å². The summed E-state index contributed by atoms with van der Waals surface area (Å²) >= 11 is 0. The number of ether oxygens (including phenoxy) is 1. The first-order valence-corrected chi connectivity index (χ1v) is 5.75. The number of carbonyl (C=O) groups is 1. The lowest BCUT2D eigenvalue weighted by molar-refractivity contribution is -0.385. The number of carbonyl (C=O) groups excluding carboxylic acids is 1. The van der Waals surface area contributed by atoms with Crippen LogP contribution in [0.3, 0.4) is 0 Å². The van der Waals surface area contributed by atoms with Crippen LogP contribution in [-0.2, 0) is 4.79 Å². The van der Waals surface area contributed by atoms with E-state index < -0.39 is 11.0 Å². The summed E-state index contributed by atoms with van der Waals surface area (Å²) in [6.45, 7) is 1.63. The Hall–Kier alpha value is -2.15. The average molecular weight is 268 g/mol. The highest BCUT2D eigenvalue weighted by atomic mass is 16.6. The molecule has 0 spiro atoms. The zero-order valence-electron chi connectivity index (χ0n) is 10.8. The smallest absolute Gasteiger partial charge is 0.270 e. The Morgan fingerprint density at radius 2 is 2.26 bits per heavy atom. The molecule has 104 valence electrons. The van der Waals surface area contributed by atoms with Crippen LogP contribution < -0.4 is 10.1 Å². The highest BCUT2D eigenvalue weighted by molar-refractivity contribution is 5.75. The first-order valence-electron chi connectivity index (χ1n) is 5.75. The van der Waals surface area contributed by atoms with E-state index >= 15 is 0 Å². The third-order valence-electron chi connectivity index (χ3n) is 2.52. The van der Waals surface area contributed by atoms with Crippen LogP contribution in [-0.4, -0.2) is 29.6 Å². The molecular weight excluding hydrogens is 252 g/mol. The van der Waals surface area contributed by atoms with Crippen molar-refractivity contribution in [3.8, 4) is 5.75 Å². The average Bonchev–Trinajstić information content (AvgIpc) is 2.38. The monoisotopic (exact) mass is 268 g/mol. The fourth-order valence-corrected chi connectivity index (χ4v) is 1.49. The van der Waals surface area contributed by atoms with Gasteiger partial charge >= 0.3 is 0 Å². The molecule has 19 heavy (non-hydrogen) atoms. The zero-order chi connectivity index (χ0) is 14.4. The highest BCUT2D eigenvalue weighted by Crippen LogP contribution is 2.29. The summed E-state index contributed by atoms with van der Waals surface area (Å²) in [5.74, 6) is 0.171. The third-order valence-corrected chi connectivity index (χ3v) is 2.52. The van der Waals surface area contributed by atoms with E-state index in [1.165, 1.54) is 32.2 Å². The first-order chi connectivity index (χ1) is 8.95. The SMILES string of the molecule is CNC(=O)CCOc1ccc([N+](=O)[O-])cc1[C@@H](C)O. The summed E-state index contributed by atoms with van der Waals surface area (Å²) in [4.78, 5) is 21.2. The van der Waals surface area contributed by atoms with Gasteiger partial charge < -0.3 is 15.2 Å². The number of nitro groups is 1. The lowest BCUT2D eigenvalue weighted by Gasteiger charge is -2.13. The second kappa shape index (κ2) is 6.69. The van der Waals surface area contributed by atoms with E-state index in [2.05, 4.69) is 5.32 Å². The fraction of sp³-hybridized carbons (Fsp3) is 0.417. The maximum atomic E-state index is 11.0. The predicted octanol–water partition coefficient (Wildman–Crippen LogP) is 1.16. The van der Waals surface area contributed by atoms with E-state index in [-0.39, 0.29) is 24.6 Å². The van der Waals surface area contributed by atoms with Crippen LogP contribution in [0.2, 0.25) is 0 Å². The molecule has 1 rings (SSSR count). The second-order valence-corrected chi connectivity index (χ2v) is 3.93. The molecule has 0 unspecified atom stereocenters. The number of hydrogen-bond donors (Lipinski definition) is 2. The van der Waals surface area contributed by atoms with Gasteiger partial charge in [-0.25, -0.2) is 0 Å². The van der Waals surface area contributed by atoms with Crippen molar-refractivity contribution in [3.05, 3.63) is 33.9 Å². The molecule has 1 aromatic rings. The molecule has 0 aliphatic carbocycles. The summed E-state index contributed by atoms with van der Waals surface area (Å²) < 4.78 is 5.36. The Labute approximate surface area is 110 Å². The number of hydrogen-bond acceptors (Lipinski definition) is 5. The maximum Gasteiger partial charge on any atom is 0.270 e. The van der Waals surface area contributed by atoms with Crippen molar-refractivity contribution in [2.45, 2.75) is 19.4 Å². The molecule has 0 saturated heterocycles. The molecule has 1 aromatic carbocycles. The number of nitro benzene ring substituents is 1. The van der Waals surface area contributed by atoms with Crippen molar-refractivity contribution in [2.75, 3.05) is 13.7 Å². The van der Waals surface area contributed by atoms with Crippen LogP contribution >= 0.6 is 0 Å². The van der Waals surface area contributed by atoms with Gasteiger partial charge in [0.15, 0.2) is 0 Å². The lowest BCUT2D eigenvalue weighted by atomic mass is 10.1. The van der Waals surface area contributed by atoms with Crippen LogP contribution in [0, 0.1) is 10.1 Å². The molecule has 2 N–H and O–H groups in total. The van der Waals surface area contributed by atoms with Gasteiger partial charge in [-0.15, -0.1) is 0 Å². The van der Waals surface area contributed by atoms with Crippen LogP contribution in [0.15, 0.2) is 18.2 Å². The van der Waals surface area contributed by atoms with E-state index in [1.807, 2.05) is 0 Å². The van der Waals surface area contributed by atoms with Crippen LogP contribution in [0.1, 0.15) is 25.0 Å².